The van der Waals surface area contributed by atoms with Crippen LogP contribution in [0.3, 0.4) is 0 Å². The lowest BCUT2D eigenvalue weighted by atomic mass is 9.97. The third-order valence-corrected chi connectivity index (χ3v) is 3.82. The van der Waals surface area contributed by atoms with E-state index in [0.29, 0.717) is 25.1 Å². The highest BCUT2D eigenvalue weighted by Gasteiger charge is 2.25. The third kappa shape index (κ3) is 3.58. The van der Waals surface area contributed by atoms with E-state index in [9.17, 15) is 14.3 Å². The molecule has 1 heterocycles. The van der Waals surface area contributed by atoms with E-state index >= 15 is 0 Å². The lowest BCUT2D eigenvalue weighted by Crippen LogP contribution is -2.44. The Hall–Kier alpha value is -1.39. The smallest absolute Gasteiger partial charge is 0.246 e. The maximum Gasteiger partial charge on any atom is 0.246 e. The van der Waals surface area contributed by atoms with Crippen LogP contribution in [0.15, 0.2) is 24.3 Å². The van der Waals surface area contributed by atoms with Crippen LogP contribution in [-0.2, 0) is 4.79 Å². The molecule has 1 aliphatic heterocycles. The minimum atomic E-state index is -0.478. The molecule has 1 fully saturated rings. The van der Waals surface area contributed by atoms with Gasteiger partial charge in [0.2, 0.25) is 5.91 Å². The number of benzene rings is 1. The SMILES string of the molecule is CC1CN(C(=O)/C=C/c2ccc(F)c(Cl)c2)CCC1O. The summed E-state index contributed by atoms with van der Waals surface area (Å²) in [5.41, 5.74) is 0.676. The van der Waals surface area contributed by atoms with E-state index in [1.165, 1.54) is 18.2 Å². The Bertz CT molecular complexity index is 533. The normalized spacial score (nSPS) is 23.3. The van der Waals surface area contributed by atoms with Gasteiger partial charge < -0.3 is 10.0 Å². The summed E-state index contributed by atoms with van der Waals surface area (Å²) in [6, 6.07) is 4.31. The van der Waals surface area contributed by atoms with Crippen molar-refractivity contribution < 1.29 is 14.3 Å². The molecule has 108 valence electrons. The van der Waals surface area contributed by atoms with Gasteiger partial charge in [0, 0.05) is 19.2 Å². The fourth-order valence-electron chi connectivity index (χ4n) is 2.22. The molecule has 3 nitrogen and oxygen atoms in total. The number of amides is 1. The summed E-state index contributed by atoms with van der Waals surface area (Å²) in [6.45, 7) is 3.03. The molecule has 0 spiro atoms. The van der Waals surface area contributed by atoms with Crippen molar-refractivity contribution in [2.45, 2.75) is 19.4 Å². The molecule has 1 saturated heterocycles. The van der Waals surface area contributed by atoms with Crippen LogP contribution in [0.2, 0.25) is 5.02 Å². The second-order valence-electron chi connectivity index (χ2n) is 5.12. The molecule has 2 rings (SSSR count). The molecule has 0 aliphatic carbocycles. The molecule has 1 amide bonds. The number of piperidine rings is 1. The minimum absolute atomic E-state index is 0.0364. The van der Waals surface area contributed by atoms with Crippen LogP contribution in [0.1, 0.15) is 18.9 Å². The van der Waals surface area contributed by atoms with Crippen molar-refractivity contribution in [1.82, 2.24) is 4.90 Å². The Morgan fingerprint density at radius 3 is 2.95 bits per heavy atom. The van der Waals surface area contributed by atoms with Gasteiger partial charge in [0.25, 0.3) is 0 Å². The molecular formula is C15H17ClFNO2. The van der Waals surface area contributed by atoms with Crippen molar-refractivity contribution in [3.8, 4) is 0 Å². The molecule has 2 atom stereocenters. The fraction of sp³-hybridized carbons (Fsp3) is 0.400. The van der Waals surface area contributed by atoms with Gasteiger partial charge >= 0.3 is 0 Å². The first-order valence-corrected chi connectivity index (χ1v) is 6.95. The first-order chi connectivity index (χ1) is 9.47. The number of rotatable bonds is 2. The van der Waals surface area contributed by atoms with Crippen LogP contribution in [0.4, 0.5) is 4.39 Å². The molecule has 0 aromatic heterocycles. The van der Waals surface area contributed by atoms with E-state index in [1.807, 2.05) is 6.92 Å². The summed E-state index contributed by atoms with van der Waals surface area (Å²) in [5, 5.41) is 9.67. The highest BCUT2D eigenvalue weighted by molar-refractivity contribution is 6.30. The summed E-state index contributed by atoms with van der Waals surface area (Å²) >= 11 is 5.68. The zero-order valence-corrected chi connectivity index (χ0v) is 12.0. The van der Waals surface area contributed by atoms with E-state index in [-0.39, 0.29) is 23.0 Å². The molecule has 0 saturated carbocycles. The first-order valence-electron chi connectivity index (χ1n) is 6.57. The van der Waals surface area contributed by atoms with Crippen LogP contribution in [0.25, 0.3) is 6.08 Å². The van der Waals surface area contributed by atoms with Gasteiger partial charge in [-0.2, -0.15) is 0 Å². The van der Waals surface area contributed by atoms with Gasteiger partial charge in [-0.15, -0.1) is 0 Å². The second kappa shape index (κ2) is 6.37. The molecule has 1 aromatic carbocycles. The highest BCUT2D eigenvalue weighted by atomic mass is 35.5. The average Bonchev–Trinajstić information content (AvgIpc) is 2.43. The van der Waals surface area contributed by atoms with E-state index in [2.05, 4.69) is 0 Å². The van der Waals surface area contributed by atoms with Crippen LogP contribution in [-0.4, -0.2) is 35.1 Å². The van der Waals surface area contributed by atoms with Crippen LogP contribution in [0, 0.1) is 11.7 Å². The Labute approximate surface area is 122 Å². The number of hydrogen-bond donors (Lipinski definition) is 1. The predicted molar refractivity (Wildman–Crippen MR) is 76.8 cm³/mol. The van der Waals surface area contributed by atoms with E-state index in [4.69, 9.17) is 11.6 Å². The maximum atomic E-state index is 13.0. The Morgan fingerprint density at radius 2 is 2.30 bits per heavy atom. The summed E-state index contributed by atoms with van der Waals surface area (Å²) in [5.74, 6) is -0.500. The van der Waals surface area contributed by atoms with Crippen molar-refractivity contribution in [2.75, 3.05) is 13.1 Å². The maximum absolute atomic E-state index is 13.0. The number of halogens is 2. The number of likely N-dealkylation sites (tertiary alicyclic amines) is 1. The topological polar surface area (TPSA) is 40.5 Å². The lowest BCUT2D eigenvalue weighted by molar-refractivity contribution is -0.129. The van der Waals surface area contributed by atoms with Crippen LogP contribution >= 0.6 is 11.6 Å². The molecule has 1 N–H and O–H groups in total. The van der Waals surface area contributed by atoms with Crippen molar-refractivity contribution >= 4 is 23.6 Å². The van der Waals surface area contributed by atoms with Gasteiger partial charge in [-0.3, -0.25) is 4.79 Å². The Morgan fingerprint density at radius 1 is 1.55 bits per heavy atom. The van der Waals surface area contributed by atoms with Crippen molar-refractivity contribution in [1.29, 1.82) is 0 Å². The quantitative estimate of drug-likeness (QED) is 0.853. The average molecular weight is 298 g/mol. The van der Waals surface area contributed by atoms with Crippen molar-refractivity contribution in [3.63, 3.8) is 0 Å². The van der Waals surface area contributed by atoms with Crippen molar-refractivity contribution in [3.05, 3.63) is 40.7 Å². The zero-order valence-electron chi connectivity index (χ0n) is 11.2. The molecule has 1 aliphatic rings. The van der Waals surface area contributed by atoms with E-state index in [0.717, 1.165) is 0 Å². The Balaban J connectivity index is 2.00. The number of aliphatic hydroxyl groups excluding tert-OH is 1. The minimum Gasteiger partial charge on any atom is -0.393 e. The van der Waals surface area contributed by atoms with Crippen LogP contribution < -0.4 is 0 Å². The number of carbonyl (C=O) groups is 1. The Kier molecular flexibility index (Phi) is 4.78. The highest BCUT2D eigenvalue weighted by Crippen LogP contribution is 2.18. The molecule has 0 radical (unpaired) electrons. The molecule has 5 heteroatoms. The number of carbonyl (C=O) groups excluding carboxylic acids is 1. The molecule has 1 aromatic rings. The van der Waals surface area contributed by atoms with Gasteiger partial charge in [0.15, 0.2) is 0 Å². The summed E-state index contributed by atoms with van der Waals surface area (Å²) in [6.07, 6.45) is 3.33. The summed E-state index contributed by atoms with van der Waals surface area (Å²) < 4.78 is 13.0. The summed E-state index contributed by atoms with van der Waals surface area (Å²) in [4.78, 5) is 13.7. The van der Waals surface area contributed by atoms with Gasteiger partial charge in [0.05, 0.1) is 11.1 Å². The standard InChI is InChI=1S/C15H17ClFNO2/c1-10-9-18(7-6-14(10)19)15(20)5-3-11-2-4-13(17)12(16)8-11/h2-5,8,10,14,19H,6-7,9H2,1H3/b5-3+. The van der Waals surface area contributed by atoms with Gasteiger partial charge in [0.1, 0.15) is 5.82 Å². The first kappa shape index (κ1) is 15.0. The number of nitrogens with zero attached hydrogens (tertiary/aromatic N) is 1. The molecule has 20 heavy (non-hydrogen) atoms. The lowest BCUT2D eigenvalue weighted by Gasteiger charge is -2.33. The number of hydrogen-bond acceptors (Lipinski definition) is 2. The van der Waals surface area contributed by atoms with Crippen molar-refractivity contribution in [2.24, 2.45) is 5.92 Å². The molecule has 2 unspecified atom stereocenters. The zero-order chi connectivity index (χ0) is 14.7. The third-order valence-electron chi connectivity index (χ3n) is 3.53. The molecular weight excluding hydrogens is 281 g/mol. The van der Waals surface area contributed by atoms with E-state index < -0.39 is 5.82 Å². The number of aliphatic hydroxyl groups is 1. The predicted octanol–water partition coefficient (Wildman–Crippen LogP) is 2.72. The second-order valence-corrected chi connectivity index (χ2v) is 5.53. The fourth-order valence-corrected chi connectivity index (χ4v) is 2.41. The van der Waals surface area contributed by atoms with Crippen LogP contribution in [0.5, 0.6) is 0 Å². The van der Waals surface area contributed by atoms with E-state index in [1.54, 1.807) is 17.0 Å². The molecule has 0 bridgehead atoms. The summed E-state index contributed by atoms with van der Waals surface area (Å²) in [7, 11) is 0. The van der Waals surface area contributed by atoms with Gasteiger partial charge in [-0.25, -0.2) is 4.39 Å². The largest absolute Gasteiger partial charge is 0.393 e. The van der Waals surface area contributed by atoms with Gasteiger partial charge in [-0.05, 0) is 36.1 Å². The van der Waals surface area contributed by atoms with Gasteiger partial charge in [-0.1, -0.05) is 24.6 Å². The monoisotopic (exact) mass is 297 g/mol.